The van der Waals surface area contributed by atoms with E-state index in [4.69, 9.17) is 4.74 Å². The first-order valence-corrected chi connectivity index (χ1v) is 8.51. The van der Waals surface area contributed by atoms with Gasteiger partial charge in [-0.25, -0.2) is 9.97 Å². The fraction of sp³-hybridized carbons (Fsp3) is 0.421. The summed E-state index contributed by atoms with van der Waals surface area (Å²) in [5.41, 5.74) is 2.02. The van der Waals surface area contributed by atoms with Crippen molar-refractivity contribution >= 4 is 5.91 Å². The second-order valence-corrected chi connectivity index (χ2v) is 6.08. The van der Waals surface area contributed by atoms with Crippen LogP contribution in [0.5, 0.6) is 0 Å². The SMILES string of the molecule is O=C(CCc1ccccc1)NCc1ccnc([C@H]2CCCOC2)n1. The van der Waals surface area contributed by atoms with Gasteiger partial charge in [0, 0.05) is 25.1 Å². The molecule has 3 rings (SSSR count). The van der Waals surface area contributed by atoms with E-state index >= 15 is 0 Å². The minimum atomic E-state index is 0.0417. The molecule has 126 valence electrons. The van der Waals surface area contributed by atoms with E-state index in [9.17, 15) is 4.79 Å². The maximum atomic E-state index is 12.0. The molecule has 5 heteroatoms. The van der Waals surface area contributed by atoms with Gasteiger partial charge >= 0.3 is 0 Å². The number of nitrogens with one attached hydrogen (secondary N) is 1. The molecule has 0 saturated carbocycles. The number of rotatable bonds is 6. The summed E-state index contributed by atoms with van der Waals surface area (Å²) in [6, 6.07) is 11.9. The molecule has 1 aromatic heterocycles. The molecule has 0 aliphatic carbocycles. The van der Waals surface area contributed by atoms with Gasteiger partial charge in [0.1, 0.15) is 5.82 Å². The molecule has 1 amide bonds. The molecule has 1 atom stereocenters. The summed E-state index contributed by atoms with van der Waals surface area (Å²) < 4.78 is 5.50. The summed E-state index contributed by atoms with van der Waals surface area (Å²) in [6.07, 6.45) is 5.11. The Hall–Kier alpha value is -2.27. The molecule has 0 bridgehead atoms. The number of benzene rings is 1. The van der Waals surface area contributed by atoms with Gasteiger partial charge in [-0.15, -0.1) is 0 Å². The van der Waals surface area contributed by atoms with Gasteiger partial charge in [-0.05, 0) is 30.9 Å². The quantitative estimate of drug-likeness (QED) is 0.887. The number of ether oxygens (including phenoxy) is 1. The van der Waals surface area contributed by atoms with Gasteiger partial charge in [-0.3, -0.25) is 4.79 Å². The van der Waals surface area contributed by atoms with E-state index in [2.05, 4.69) is 15.3 Å². The molecule has 2 aromatic rings. The molecule has 1 aliphatic heterocycles. The van der Waals surface area contributed by atoms with E-state index in [1.165, 1.54) is 5.56 Å². The van der Waals surface area contributed by atoms with Crippen LogP contribution in [0.3, 0.4) is 0 Å². The minimum absolute atomic E-state index is 0.0417. The predicted molar refractivity (Wildman–Crippen MR) is 91.4 cm³/mol. The Labute approximate surface area is 142 Å². The number of aromatic nitrogens is 2. The average molecular weight is 325 g/mol. The van der Waals surface area contributed by atoms with Gasteiger partial charge in [0.15, 0.2) is 0 Å². The Kier molecular flexibility index (Phi) is 5.90. The molecule has 2 heterocycles. The number of carbonyl (C=O) groups excluding carboxylic acids is 1. The topological polar surface area (TPSA) is 64.1 Å². The first kappa shape index (κ1) is 16.6. The molecule has 1 aromatic carbocycles. The normalized spacial score (nSPS) is 17.4. The van der Waals surface area contributed by atoms with Crippen molar-refractivity contribution in [1.82, 2.24) is 15.3 Å². The Morgan fingerprint density at radius 3 is 2.92 bits per heavy atom. The molecule has 1 saturated heterocycles. The lowest BCUT2D eigenvalue weighted by molar-refractivity contribution is -0.121. The zero-order chi connectivity index (χ0) is 16.6. The van der Waals surface area contributed by atoms with Crippen LogP contribution >= 0.6 is 0 Å². The van der Waals surface area contributed by atoms with Crippen molar-refractivity contribution in [2.24, 2.45) is 0 Å². The number of hydrogen-bond acceptors (Lipinski definition) is 4. The van der Waals surface area contributed by atoms with Crippen molar-refractivity contribution in [1.29, 1.82) is 0 Å². The van der Waals surface area contributed by atoms with Crippen LogP contribution in [0.25, 0.3) is 0 Å². The molecule has 24 heavy (non-hydrogen) atoms. The van der Waals surface area contributed by atoms with E-state index in [1.54, 1.807) is 6.20 Å². The summed E-state index contributed by atoms with van der Waals surface area (Å²) in [5.74, 6) is 1.14. The molecule has 1 N–H and O–H groups in total. The second kappa shape index (κ2) is 8.55. The number of hydrogen-bond donors (Lipinski definition) is 1. The van der Waals surface area contributed by atoms with Crippen LogP contribution in [0.2, 0.25) is 0 Å². The van der Waals surface area contributed by atoms with Crippen LogP contribution in [0, 0.1) is 0 Å². The summed E-state index contributed by atoms with van der Waals surface area (Å²) in [5, 5.41) is 2.94. The standard InChI is InChI=1S/C19H23N3O2/c23-18(9-8-15-5-2-1-3-6-15)21-13-17-10-11-20-19(22-17)16-7-4-12-24-14-16/h1-3,5-6,10-11,16H,4,7-9,12-14H2,(H,21,23)/t16-/m0/s1. The largest absolute Gasteiger partial charge is 0.381 e. The van der Waals surface area contributed by atoms with Crippen LogP contribution in [0.4, 0.5) is 0 Å². The van der Waals surface area contributed by atoms with Gasteiger partial charge in [-0.2, -0.15) is 0 Å². The van der Waals surface area contributed by atoms with Crippen LogP contribution < -0.4 is 5.32 Å². The third-order valence-corrected chi connectivity index (χ3v) is 4.21. The zero-order valence-corrected chi connectivity index (χ0v) is 13.8. The molecule has 1 aliphatic rings. The van der Waals surface area contributed by atoms with Crippen molar-refractivity contribution in [2.75, 3.05) is 13.2 Å². The monoisotopic (exact) mass is 325 g/mol. The number of nitrogens with zero attached hydrogens (tertiary/aromatic N) is 2. The molecule has 0 radical (unpaired) electrons. The van der Waals surface area contributed by atoms with Crippen LogP contribution in [0.15, 0.2) is 42.6 Å². The lowest BCUT2D eigenvalue weighted by Gasteiger charge is -2.20. The smallest absolute Gasteiger partial charge is 0.220 e. The van der Waals surface area contributed by atoms with Gasteiger partial charge in [0.2, 0.25) is 5.91 Å². The summed E-state index contributed by atoms with van der Waals surface area (Å²) in [4.78, 5) is 20.9. The van der Waals surface area contributed by atoms with E-state index in [1.807, 2.05) is 36.4 Å². The fourth-order valence-corrected chi connectivity index (χ4v) is 2.83. The summed E-state index contributed by atoms with van der Waals surface area (Å²) >= 11 is 0. The Bertz CT molecular complexity index is 655. The van der Waals surface area contributed by atoms with E-state index < -0.39 is 0 Å². The van der Waals surface area contributed by atoms with Crippen molar-refractivity contribution in [3.05, 3.63) is 59.7 Å². The molecule has 0 unspecified atom stereocenters. The lowest BCUT2D eigenvalue weighted by Crippen LogP contribution is -2.24. The van der Waals surface area contributed by atoms with Crippen molar-refractivity contribution in [3.8, 4) is 0 Å². The Morgan fingerprint density at radius 1 is 1.25 bits per heavy atom. The van der Waals surface area contributed by atoms with Crippen molar-refractivity contribution in [2.45, 2.75) is 38.1 Å². The van der Waals surface area contributed by atoms with E-state index in [0.717, 1.165) is 37.4 Å². The maximum Gasteiger partial charge on any atom is 0.220 e. The molecule has 0 spiro atoms. The van der Waals surface area contributed by atoms with Gasteiger partial charge in [0.05, 0.1) is 18.8 Å². The van der Waals surface area contributed by atoms with E-state index in [-0.39, 0.29) is 11.8 Å². The number of aryl methyl sites for hydroxylation is 1. The Balaban J connectivity index is 1.48. The minimum Gasteiger partial charge on any atom is -0.381 e. The first-order valence-electron chi connectivity index (χ1n) is 8.51. The predicted octanol–water partition coefficient (Wildman–Crippen LogP) is 2.62. The second-order valence-electron chi connectivity index (χ2n) is 6.08. The molecule has 1 fully saturated rings. The van der Waals surface area contributed by atoms with Crippen molar-refractivity contribution < 1.29 is 9.53 Å². The highest BCUT2D eigenvalue weighted by Gasteiger charge is 2.18. The lowest BCUT2D eigenvalue weighted by atomic mass is 10.0. The average Bonchev–Trinajstić information content (AvgIpc) is 2.66. The first-order chi connectivity index (χ1) is 11.8. The third kappa shape index (κ3) is 4.86. The summed E-state index contributed by atoms with van der Waals surface area (Å²) in [6.45, 7) is 1.96. The molecular formula is C19H23N3O2. The number of amides is 1. The highest BCUT2D eigenvalue weighted by Crippen LogP contribution is 2.22. The highest BCUT2D eigenvalue weighted by atomic mass is 16.5. The highest BCUT2D eigenvalue weighted by molar-refractivity contribution is 5.76. The van der Waals surface area contributed by atoms with Crippen molar-refractivity contribution in [3.63, 3.8) is 0 Å². The summed E-state index contributed by atoms with van der Waals surface area (Å²) in [7, 11) is 0. The van der Waals surface area contributed by atoms with Crippen LogP contribution in [0.1, 0.15) is 42.3 Å². The third-order valence-electron chi connectivity index (χ3n) is 4.21. The van der Waals surface area contributed by atoms with Crippen LogP contribution in [-0.4, -0.2) is 29.1 Å². The fourth-order valence-electron chi connectivity index (χ4n) is 2.83. The molecule has 5 nitrogen and oxygen atoms in total. The van der Waals surface area contributed by atoms with E-state index in [0.29, 0.717) is 19.6 Å². The Morgan fingerprint density at radius 2 is 2.12 bits per heavy atom. The van der Waals surface area contributed by atoms with Crippen LogP contribution in [-0.2, 0) is 22.5 Å². The van der Waals surface area contributed by atoms with Gasteiger partial charge < -0.3 is 10.1 Å². The van der Waals surface area contributed by atoms with Gasteiger partial charge in [-0.1, -0.05) is 30.3 Å². The number of carbonyl (C=O) groups is 1. The zero-order valence-electron chi connectivity index (χ0n) is 13.8. The maximum absolute atomic E-state index is 12.0. The molecular weight excluding hydrogens is 302 g/mol. The van der Waals surface area contributed by atoms with Gasteiger partial charge in [0.25, 0.3) is 0 Å².